The molecule has 1 spiro atoms. The molecular formula is C47H79N9O3S. The van der Waals surface area contributed by atoms with E-state index in [4.69, 9.17) is 14.5 Å². The minimum absolute atomic E-state index is 0.0222. The Labute approximate surface area is 365 Å². The molecule has 4 aliphatic carbocycles. The number of amides is 1. The molecule has 5 aliphatic heterocycles. The molecule has 60 heavy (non-hydrogen) atoms. The van der Waals surface area contributed by atoms with E-state index in [-0.39, 0.29) is 54.4 Å². The van der Waals surface area contributed by atoms with Crippen molar-refractivity contribution in [1.29, 1.82) is 5.26 Å². The summed E-state index contributed by atoms with van der Waals surface area (Å²) >= 11 is 2.20. The number of rotatable bonds is 8. The Kier molecular flexibility index (Phi) is 13.9. The third kappa shape index (κ3) is 9.13. The van der Waals surface area contributed by atoms with Gasteiger partial charge in [-0.15, -0.1) is 11.8 Å². The second-order valence-electron chi connectivity index (χ2n) is 21.3. The number of fused-ring (bicyclic) bond motifs is 3. The topological polar surface area (TPSA) is 138 Å². The number of hydrazine groups is 2. The Bertz CT molecular complexity index is 1530. The highest BCUT2D eigenvalue weighted by Crippen LogP contribution is 2.53. The van der Waals surface area contributed by atoms with Crippen molar-refractivity contribution < 1.29 is 14.3 Å². The first kappa shape index (κ1) is 43.9. The Morgan fingerprint density at radius 2 is 1.62 bits per heavy atom. The number of nitriles is 1. The predicted molar refractivity (Wildman–Crippen MR) is 238 cm³/mol. The van der Waals surface area contributed by atoms with Gasteiger partial charge in [0.1, 0.15) is 6.04 Å². The number of carbonyl (C=O) groups is 1. The average Bonchev–Trinajstić information content (AvgIpc) is 3.76. The zero-order chi connectivity index (χ0) is 41.5. The molecule has 4 saturated heterocycles. The van der Waals surface area contributed by atoms with Crippen molar-refractivity contribution in [3.05, 3.63) is 0 Å². The summed E-state index contributed by atoms with van der Waals surface area (Å²) in [6.45, 7) is 12.0. The SMILES string of the molecule is COC1CC(OC2CCC(NC(=O)C3CCC(N4CCCC5(CCC(C6CCC(C7=N[C@@H](C)C8NNC(C)N8C8SC(C)C(C)C78)CC6)CC5)C4)NN3)CC2)CCC1C#N. The minimum atomic E-state index is -0.181. The van der Waals surface area contributed by atoms with Gasteiger partial charge in [-0.3, -0.25) is 19.6 Å². The number of nitrogens with zero attached hydrogens (tertiary/aromatic N) is 4. The molecule has 12 atom stereocenters. The van der Waals surface area contributed by atoms with E-state index < -0.39 is 0 Å². The van der Waals surface area contributed by atoms with Gasteiger partial charge in [0.05, 0.1) is 60.2 Å². The standard InChI is InChI=1S/C47H79N9O3S/c1-28-30(3)60-46-42(28)43(49-29(2)44-54-51-31(4)56(44)46)34-9-7-32(8-10-34)33-19-22-47(23-20-33)21-6-24-55(27-47)41-18-17-39(52-53-41)45(57)50-36-12-15-37(16-13-36)59-38-14-11-35(26-48)40(25-38)58-5/h28-42,44,46,51-54H,6-25,27H2,1-5H3,(H,50,57)/t28?,29-,30?,31?,32?,33?,34?,35?,36?,37?,38?,39?,40?,41?,42?,44?,46?,47?/m0/s1. The van der Waals surface area contributed by atoms with Crippen LogP contribution in [0.3, 0.4) is 0 Å². The van der Waals surface area contributed by atoms with Gasteiger partial charge in [0.25, 0.3) is 0 Å². The normalized spacial score (nSPS) is 48.1. The molecule has 5 N–H and O–H groups in total. The van der Waals surface area contributed by atoms with Crippen LogP contribution < -0.4 is 27.0 Å². The van der Waals surface area contributed by atoms with Gasteiger partial charge in [-0.1, -0.05) is 13.8 Å². The zero-order valence-corrected chi connectivity index (χ0v) is 38.4. The molecule has 1 amide bonds. The van der Waals surface area contributed by atoms with Gasteiger partial charge in [-0.25, -0.2) is 21.7 Å². The highest BCUT2D eigenvalue weighted by atomic mass is 32.2. The number of hydrogen-bond acceptors (Lipinski definition) is 12. The van der Waals surface area contributed by atoms with E-state index in [0.29, 0.717) is 46.1 Å². The van der Waals surface area contributed by atoms with Crippen LogP contribution in [0.4, 0.5) is 0 Å². The average molecular weight is 850 g/mol. The molecule has 5 heterocycles. The van der Waals surface area contributed by atoms with E-state index in [9.17, 15) is 10.1 Å². The zero-order valence-electron chi connectivity index (χ0n) is 37.6. The van der Waals surface area contributed by atoms with Crippen molar-refractivity contribution in [2.45, 2.75) is 215 Å². The maximum atomic E-state index is 13.4. The Morgan fingerprint density at radius 3 is 2.33 bits per heavy atom. The van der Waals surface area contributed by atoms with Crippen LogP contribution in [-0.4, -0.2) is 107 Å². The first-order valence-electron chi connectivity index (χ1n) is 24.8. The van der Waals surface area contributed by atoms with E-state index in [1.165, 1.54) is 70.8 Å². The number of likely N-dealkylation sites (tertiary alicyclic amines) is 1. The molecule has 0 bridgehead atoms. The van der Waals surface area contributed by atoms with Gasteiger partial charge in [0.15, 0.2) is 0 Å². The lowest BCUT2D eigenvalue weighted by molar-refractivity contribution is -0.126. The number of ether oxygens (including phenoxy) is 2. The highest BCUT2D eigenvalue weighted by molar-refractivity contribution is 8.00. The quantitative estimate of drug-likeness (QED) is 0.185. The number of aliphatic imine (C=N–C) groups is 1. The minimum Gasteiger partial charge on any atom is -0.380 e. The van der Waals surface area contributed by atoms with Gasteiger partial charge in [-0.05, 0) is 165 Å². The molecule has 4 saturated carbocycles. The summed E-state index contributed by atoms with van der Waals surface area (Å²) in [4.78, 5) is 24.5. The van der Waals surface area contributed by atoms with E-state index in [1.54, 1.807) is 12.8 Å². The van der Waals surface area contributed by atoms with Gasteiger partial charge in [0.2, 0.25) is 5.91 Å². The monoisotopic (exact) mass is 850 g/mol. The van der Waals surface area contributed by atoms with E-state index in [1.807, 2.05) is 0 Å². The summed E-state index contributed by atoms with van der Waals surface area (Å²) in [6.07, 6.45) is 23.4. The lowest BCUT2D eigenvalue weighted by Crippen LogP contribution is -2.64. The second-order valence-corrected chi connectivity index (χ2v) is 22.8. The first-order valence-corrected chi connectivity index (χ1v) is 25.7. The highest BCUT2D eigenvalue weighted by Gasteiger charge is 2.54. The van der Waals surface area contributed by atoms with E-state index >= 15 is 0 Å². The van der Waals surface area contributed by atoms with Crippen LogP contribution in [0.25, 0.3) is 0 Å². The molecule has 11 unspecified atom stereocenters. The van der Waals surface area contributed by atoms with E-state index in [2.05, 4.69) is 82.3 Å². The maximum absolute atomic E-state index is 13.4. The van der Waals surface area contributed by atoms with Crippen LogP contribution in [0.5, 0.6) is 0 Å². The molecule has 13 heteroatoms. The Hall–Kier alpha value is -1.34. The molecule has 0 radical (unpaired) electrons. The third-order valence-electron chi connectivity index (χ3n) is 17.8. The van der Waals surface area contributed by atoms with Crippen LogP contribution in [0.1, 0.15) is 150 Å². The number of piperidine rings is 1. The Morgan fingerprint density at radius 1 is 0.867 bits per heavy atom. The fraction of sp³-hybridized carbons (Fsp3) is 0.936. The van der Waals surface area contributed by atoms with Crippen molar-refractivity contribution in [2.75, 3.05) is 20.2 Å². The summed E-state index contributed by atoms with van der Waals surface area (Å²) in [6, 6.07) is 2.71. The fourth-order valence-electron chi connectivity index (χ4n) is 14.0. The van der Waals surface area contributed by atoms with Gasteiger partial charge < -0.3 is 14.8 Å². The summed E-state index contributed by atoms with van der Waals surface area (Å²) in [7, 11) is 1.71. The third-order valence-corrected chi connectivity index (χ3v) is 19.5. The largest absolute Gasteiger partial charge is 0.380 e. The smallest absolute Gasteiger partial charge is 0.238 e. The first-order chi connectivity index (χ1) is 29.1. The molecule has 336 valence electrons. The van der Waals surface area contributed by atoms with Crippen LogP contribution >= 0.6 is 11.8 Å². The van der Waals surface area contributed by atoms with Crippen molar-refractivity contribution in [1.82, 2.24) is 36.8 Å². The summed E-state index contributed by atoms with van der Waals surface area (Å²) in [5, 5.41) is 14.0. The van der Waals surface area contributed by atoms with Crippen LogP contribution in [-0.2, 0) is 14.3 Å². The number of thioether (sulfide) groups is 1. The molecule has 9 rings (SSSR count). The summed E-state index contributed by atoms with van der Waals surface area (Å²) in [5.74, 6) is 3.80. The number of carbonyl (C=O) groups excluding carboxylic acids is 1. The van der Waals surface area contributed by atoms with Crippen molar-refractivity contribution in [3.63, 3.8) is 0 Å². The molecule has 8 fully saturated rings. The number of methoxy groups -OCH3 is 1. The van der Waals surface area contributed by atoms with Crippen LogP contribution in [0, 0.1) is 52.3 Å². The van der Waals surface area contributed by atoms with E-state index in [0.717, 1.165) is 76.2 Å². The maximum Gasteiger partial charge on any atom is 0.238 e. The molecule has 9 aliphatic rings. The van der Waals surface area contributed by atoms with Gasteiger partial charge >= 0.3 is 0 Å². The fourth-order valence-corrected chi connectivity index (χ4v) is 15.8. The predicted octanol–water partition coefficient (Wildman–Crippen LogP) is 6.44. The molecule has 0 aromatic carbocycles. The molecular weight excluding hydrogens is 771 g/mol. The Balaban J connectivity index is 0.696. The number of hydrogen-bond donors (Lipinski definition) is 5. The second kappa shape index (κ2) is 19.0. The number of nitrogens with one attached hydrogen (secondary N) is 5. The van der Waals surface area contributed by atoms with Crippen LogP contribution in [0.2, 0.25) is 0 Å². The van der Waals surface area contributed by atoms with Crippen molar-refractivity contribution in [2.24, 2.45) is 45.9 Å². The molecule has 12 nitrogen and oxygen atoms in total. The lowest BCUT2D eigenvalue weighted by atomic mass is 9.61. The lowest BCUT2D eigenvalue weighted by Gasteiger charge is -2.51. The van der Waals surface area contributed by atoms with Crippen LogP contribution in [0.15, 0.2) is 4.99 Å². The molecule has 0 aromatic heterocycles. The van der Waals surface area contributed by atoms with Gasteiger partial charge in [0, 0.05) is 43.0 Å². The summed E-state index contributed by atoms with van der Waals surface area (Å²) < 4.78 is 12.1. The van der Waals surface area contributed by atoms with Crippen molar-refractivity contribution >= 4 is 23.4 Å². The van der Waals surface area contributed by atoms with Gasteiger partial charge in [-0.2, -0.15) is 5.26 Å². The molecule has 0 aromatic rings. The summed E-state index contributed by atoms with van der Waals surface area (Å²) in [5.41, 5.74) is 16.3. The van der Waals surface area contributed by atoms with Crippen molar-refractivity contribution in [3.8, 4) is 6.07 Å².